The minimum absolute atomic E-state index is 0.0792. The predicted octanol–water partition coefficient (Wildman–Crippen LogP) is 3.98. The molecule has 0 aliphatic heterocycles. The molecule has 0 spiro atoms. The molecule has 0 fully saturated rings. The molecule has 1 N–H and O–H groups in total. The molecule has 0 aliphatic carbocycles. The number of carboxylic acid groups (broad SMARTS) is 1. The highest BCUT2D eigenvalue weighted by molar-refractivity contribution is 5.82. The molecule has 4 rings (SSSR count). The van der Waals surface area contributed by atoms with E-state index in [1.807, 2.05) is 0 Å². The van der Waals surface area contributed by atoms with Crippen molar-refractivity contribution < 1.29 is 27.8 Å². The summed E-state index contributed by atoms with van der Waals surface area (Å²) >= 11 is 0. The quantitative estimate of drug-likeness (QED) is 0.495. The molecule has 0 saturated heterocycles. The number of pyridine rings is 1. The maximum Gasteiger partial charge on any atom is 0.511 e. The van der Waals surface area contributed by atoms with E-state index in [1.54, 1.807) is 6.07 Å². The fourth-order valence-corrected chi connectivity index (χ4v) is 3.20. The number of aromatic nitrogens is 3. The lowest BCUT2D eigenvalue weighted by Crippen LogP contribution is -2.18. The molecule has 0 atom stereocenters. The number of hydrogen-bond donors (Lipinski definition) is 1. The van der Waals surface area contributed by atoms with Gasteiger partial charge in [0.2, 0.25) is 5.43 Å². The molecule has 4 aromatic rings. The van der Waals surface area contributed by atoms with Gasteiger partial charge >= 0.3 is 6.16 Å². The second-order valence-corrected chi connectivity index (χ2v) is 6.50. The van der Waals surface area contributed by atoms with Gasteiger partial charge in [-0.15, -0.1) is 0 Å². The van der Waals surface area contributed by atoms with Crippen molar-refractivity contribution in [2.45, 2.75) is 6.54 Å². The Morgan fingerprint density at radius 1 is 1.00 bits per heavy atom. The molecule has 0 aliphatic rings. The fourth-order valence-electron chi connectivity index (χ4n) is 3.20. The number of hydrogen-bond acceptors (Lipinski definition) is 5. The first kappa shape index (κ1) is 20.1. The summed E-state index contributed by atoms with van der Waals surface area (Å²) < 4.78 is 49.0. The summed E-state index contributed by atoms with van der Waals surface area (Å²) in [6.07, 6.45) is 3.44. The number of fused-ring (bicyclic) bond motifs is 1. The van der Waals surface area contributed by atoms with Gasteiger partial charge in [-0.05, 0) is 23.8 Å². The first-order valence-electron chi connectivity index (χ1n) is 8.81. The third-order valence-corrected chi connectivity index (χ3v) is 4.57. The Labute approximate surface area is 172 Å². The largest absolute Gasteiger partial charge is 0.511 e. The zero-order valence-electron chi connectivity index (χ0n) is 15.6. The average Bonchev–Trinajstić information content (AvgIpc) is 2.74. The smallest absolute Gasteiger partial charge is 0.449 e. The summed E-state index contributed by atoms with van der Waals surface area (Å²) in [5.74, 6) is -3.39. The van der Waals surface area contributed by atoms with Crippen LogP contribution in [0.5, 0.6) is 5.75 Å². The lowest BCUT2D eigenvalue weighted by molar-refractivity contribution is 0.143. The van der Waals surface area contributed by atoms with Gasteiger partial charge in [0.1, 0.15) is 23.8 Å². The van der Waals surface area contributed by atoms with Crippen molar-refractivity contribution in [1.29, 1.82) is 0 Å². The van der Waals surface area contributed by atoms with Crippen molar-refractivity contribution >= 4 is 17.1 Å². The van der Waals surface area contributed by atoms with E-state index in [4.69, 9.17) is 5.11 Å². The van der Waals surface area contributed by atoms with Gasteiger partial charge in [0, 0.05) is 23.5 Å². The molecule has 0 bridgehead atoms. The Balaban J connectivity index is 1.85. The minimum atomic E-state index is -1.81. The average molecular weight is 427 g/mol. The van der Waals surface area contributed by atoms with Crippen LogP contribution in [0.4, 0.5) is 18.0 Å². The summed E-state index contributed by atoms with van der Waals surface area (Å²) in [4.78, 5) is 31.0. The molecular weight excluding hydrogens is 415 g/mol. The van der Waals surface area contributed by atoms with Crippen molar-refractivity contribution in [1.82, 2.24) is 14.5 Å². The van der Waals surface area contributed by atoms with E-state index in [0.717, 1.165) is 22.9 Å². The van der Waals surface area contributed by atoms with Crippen molar-refractivity contribution in [2.24, 2.45) is 0 Å². The van der Waals surface area contributed by atoms with Gasteiger partial charge in [0.15, 0.2) is 5.75 Å². The van der Waals surface area contributed by atoms with Crippen LogP contribution in [-0.2, 0) is 6.54 Å². The standard InChI is InChI=1S/C21H12F3N3O4/c22-14-3-4-15(23)19-18(14)20(28)17(31-21(29)30)9-27(19)8-12-2-1-11(5-16(12)24)13-6-25-10-26-7-13/h1-7,9-10H,8H2,(H,29,30). The number of rotatable bonds is 4. The van der Waals surface area contributed by atoms with Gasteiger partial charge in [-0.1, -0.05) is 12.1 Å². The normalized spacial score (nSPS) is 10.9. The second-order valence-electron chi connectivity index (χ2n) is 6.50. The highest BCUT2D eigenvalue weighted by Gasteiger charge is 2.20. The molecule has 10 heteroatoms. The van der Waals surface area contributed by atoms with Gasteiger partial charge in [-0.2, -0.15) is 0 Å². The van der Waals surface area contributed by atoms with E-state index in [-0.39, 0.29) is 12.1 Å². The van der Waals surface area contributed by atoms with Gasteiger partial charge < -0.3 is 14.4 Å². The predicted molar refractivity (Wildman–Crippen MR) is 103 cm³/mol. The summed E-state index contributed by atoms with van der Waals surface area (Å²) in [6, 6.07) is 5.81. The molecule has 156 valence electrons. The van der Waals surface area contributed by atoms with Crippen LogP contribution in [0, 0.1) is 17.5 Å². The van der Waals surface area contributed by atoms with E-state index in [2.05, 4.69) is 14.7 Å². The van der Waals surface area contributed by atoms with Crippen molar-refractivity contribution in [3.63, 3.8) is 0 Å². The van der Waals surface area contributed by atoms with Crippen molar-refractivity contribution in [3.05, 3.63) is 88.5 Å². The Kier molecular flexibility index (Phi) is 5.12. The van der Waals surface area contributed by atoms with E-state index in [0.29, 0.717) is 11.1 Å². The molecule has 0 saturated carbocycles. The molecule has 2 aromatic carbocycles. The third-order valence-electron chi connectivity index (χ3n) is 4.57. The van der Waals surface area contributed by atoms with Gasteiger partial charge in [-0.25, -0.2) is 27.9 Å². The summed E-state index contributed by atoms with van der Waals surface area (Å²) in [5, 5.41) is 8.15. The van der Waals surface area contributed by atoms with Crippen LogP contribution in [0.3, 0.4) is 0 Å². The molecule has 0 amide bonds. The lowest BCUT2D eigenvalue weighted by atomic mass is 10.1. The van der Waals surface area contributed by atoms with E-state index >= 15 is 0 Å². The Morgan fingerprint density at radius 3 is 2.39 bits per heavy atom. The summed E-state index contributed by atoms with van der Waals surface area (Å²) in [6.45, 7) is -0.329. The van der Waals surface area contributed by atoms with Crippen molar-refractivity contribution in [3.8, 4) is 16.9 Å². The Hall–Kier alpha value is -4.21. The highest BCUT2D eigenvalue weighted by atomic mass is 19.1. The molecule has 0 unspecified atom stereocenters. The third kappa shape index (κ3) is 3.82. The molecule has 0 radical (unpaired) electrons. The summed E-state index contributed by atoms with van der Waals surface area (Å²) in [7, 11) is 0. The van der Waals surface area contributed by atoms with Gasteiger partial charge in [-0.3, -0.25) is 4.79 Å². The highest BCUT2D eigenvalue weighted by Crippen LogP contribution is 2.25. The molecule has 31 heavy (non-hydrogen) atoms. The SMILES string of the molecule is O=C(O)Oc1cn(Cc2ccc(-c3cncnc3)cc2F)c2c(F)ccc(F)c2c1=O. The number of ether oxygens (including phenoxy) is 1. The van der Waals surface area contributed by atoms with Crippen LogP contribution in [0.15, 0.2) is 60.0 Å². The Bertz CT molecular complexity index is 1370. The maximum absolute atomic E-state index is 14.8. The number of nitrogens with zero attached hydrogens (tertiary/aromatic N) is 3. The van der Waals surface area contributed by atoms with Crippen molar-refractivity contribution in [2.75, 3.05) is 0 Å². The number of benzene rings is 2. The molecule has 2 aromatic heterocycles. The number of halogens is 3. The summed E-state index contributed by atoms with van der Waals surface area (Å²) in [5.41, 5.74) is -0.422. The van der Waals surface area contributed by atoms with Crippen LogP contribution in [0.1, 0.15) is 5.56 Å². The molecular formula is C21H12F3N3O4. The first-order valence-corrected chi connectivity index (χ1v) is 8.81. The van der Waals surface area contributed by atoms with Gasteiger partial charge in [0.25, 0.3) is 0 Å². The number of carbonyl (C=O) groups is 1. The monoisotopic (exact) mass is 427 g/mol. The van der Waals surface area contributed by atoms with E-state index in [9.17, 15) is 22.8 Å². The maximum atomic E-state index is 14.8. The van der Waals surface area contributed by atoms with Gasteiger partial charge in [0.05, 0.1) is 23.6 Å². The topological polar surface area (TPSA) is 94.3 Å². The Morgan fingerprint density at radius 2 is 1.71 bits per heavy atom. The fraction of sp³-hybridized carbons (Fsp3) is 0.0476. The molecule has 2 heterocycles. The van der Waals surface area contributed by atoms with Crippen LogP contribution >= 0.6 is 0 Å². The van der Waals surface area contributed by atoms with Crippen LogP contribution in [0.2, 0.25) is 0 Å². The van der Waals surface area contributed by atoms with E-state index in [1.165, 1.54) is 30.9 Å². The minimum Gasteiger partial charge on any atom is -0.449 e. The van der Waals surface area contributed by atoms with Crippen LogP contribution in [-0.4, -0.2) is 25.8 Å². The molecule has 7 nitrogen and oxygen atoms in total. The zero-order valence-corrected chi connectivity index (χ0v) is 15.6. The van der Waals surface area contributed by atoms with Crippen LogP contribution < -0.4 is 10.2 Å². The second kappa shape index (κ2) is 7.90. The lowest BCUT2D eigenvalue weighted by Gasteiger charge is -2.15. The zero-order chi connectivity index (χ0) is 22.1. The van der Waals surface area contributed by atoms with E-state index < -0.39 is 45.7 Å². The van der Waals surface area contributed by atoms with Crippen LogP contribution in [0.25, 0.3) is 22.0 Å². The first-order chi connectivity index (χ1) is 14.8.